The molecule has 0 amide bonds. The molecule has 1 aliphatic rings. The van der Waals surface area contributed by atoms with Gasteiger partial charge in [-0.3, -0.25) is 13.7 Å². The fourth-order valence-corrected chi connectivity index (χ4v) is 6.03. The quantitative estimate of drug-likeness (QED) is 0.0797. The number of unbranched alkanes of at least 4 members (excludes halogenated alkanes) is 1. The maximum Gasteiger partial charge on any atom is 1.00 e. The third-order valence-electron chi connectivity index (χ3n) is 4.68. The Bertz CT molecular complexity index is 1180. The first-order valence-electron chi connectivity index (χ1n) is 10.1. The number of fused-ring (bicyclic) bond motifs is 1. The summed E-state index contributed by atoms with van der Waals surface area (Å²) in [5, 5.41) is 23.7. The molecule has 0 aliphatic carbocycles. The van der Waals surface area contributed by atoms with Crippen LogP contribution in [0.4, 0.5) is 11.8 Å². The predicted octanol–water partition coefficient (Wildman–Crippen LogP) is -15.4. The zero-order valence-electron chi connectivity index (χ0n) is 22.3. The van der Waals surface area contributed by atoms with E-state index in [9.17, 15) is 43.8 Å². The Kier molecular flexibility index (Phi) is 20.9. The van der Waals surface area contributed by atoms with E-state index >= 15 is 0 Å². The number of rotatable bonds is 12. The van der Waals surface area contributed by atoms with Gasteiger partial charge in [0.15, 0.2) is 17.7 Å². The van der Waals surface area contributed by atoms with Gasteiger partial charge in [0.1, 0.15) is 23.8 Å². The number of phosphoric ester groups is 1. The number of aliphatic hydroxyl groups excluding tert-OH is 2. The minimum atomic E-state index is -6.12. The van der Waals surface area contributed by atoms with Gasteiger partial charge in [0.05, 0.1) is 12.9 Å². The van der Waals surface area contributed by atoms with Gasteiger partial charge >= 0.3 is 134 Å². The van der Waals surface area contributed by atoms with Gasteiger partial charge in [-0.15, -0.1) is 0 Å². The molecule has 6 atom stereocenters. The summed E-state index contributed by atoms with van der Waals surface area (Å²) >= 11 is 0. The molecule has 1 aliphatic heterocycles. The zero-order chi connectivity index (χ0) is 26.9. The van der Waals surface area contributed by atoms with Crippen LogP contribution in [-0.2, 0) is 27.0 Å². The van der Waals surface area contributed by atoms with Crippen molar-refractivity contribution in [3.8, 4) is 0 Å². The second kappa shape index (κ2) is 18.7. The molecule has 40 heavy (non-hydrogen) atoms. The molecule has 0 radical (unpaired) electrons. The smallest absolute Gasteiger partial charge is 0.753 e. The van der Waals surface area contributed by atoms with Gasteiger partial charge in [0.25, 0.3) is 0 Å². The molecule has 0 bridgehead atoms. The van der Waals surface area contributed by atoms with Crippen LogP contribution in [0.1, 0.15) is 26.0 Å². The first kappa shape index (κ1) is 44.7. The monoisotopic (exact) mass is 667 g/mol. The first-order chi connectivity index (χ1) is 16.6. The van der Waals surface area contributed by atoms with E-state index in [0.29, 0.717) is 6.54 Å². The summed E-state index contributed by atoms with van der Waals surface area (Å²) in [5.41, 5.74) is 6.21. The van der Waals surface area contributed by atoms with E-state index in [1.54, 1.807) is 0 Å². The number of imidazole rings is 1. The normalized spacial score (nSPS) is 23.5. The van der Waals surface area contributed by atoms with E-state index in [0.717, 1.165) is 12.8 Å². The van der Waals surface area contributed by atoms with Gasteiger partial charge in [-0.2, -0.15) is 14.3 Å². The van der Waals surface area contributed by atoms with E-state index in [2.05, 4.69) is 33.4 Å². The van der Waals surface area contributed by atoms with Crippen molar-refractivity contribution >= 4 is 46.7 Å². The number of anilines is 2. The molecule has 204 valence electrons. The van der Waals surface area contributed by atoms with Crippen LogP contribution in [0.25, 0.3) is 11.2 Å². The Morgan fingerprint density at radius 1 is 1.18 bits per heavy atom. The molecule has 3 heterocycles. The summed E-state index contributed by atoms with van der Waals surface area (Å²) in [5.74, 6) is 0.195. The van der Waals surface area contributed by atoms with E-state index in [4.69, 9.17) is 10.5 Å². The van der Waals surface area contributed by atoms with Crippen LogP contribution < -0.4 is 149 Å². The van der Waals surface area contributed by atoms with Gasteiger partial charge in [-0.25, -0.2) is 13.9 Å². The average molecular weight is 667 g/mol. The molecule has 19 nitrogen and oxygen atoms in total. The Balaban J connectivity index is 0. The Morgan fingerprint density at radius 3 is 2.38 bits per heavy atom. The van der Waals surface area contributed by atoms with Crippen molar-refractivity contribution in [2.75, 3.05) is 24.2 Å². The third kappa shape index (κ3) is 12.8. The second-order valence-corrected chi connectivity index (χ2v) is 11.7. The molecule has 26 heteroatoms. The number of ether oxygens (including phenoxy) is 1. The minimum Gasteiger partial charge on any atom is -0.753 e. The van der Waals surface area contributed by atoms with Gasteiger partial charge in [0, 0.05) is 14.7 Å². The number of phosphoric acid groups is 3. The van der Waals surface area contributed by atoms with Crippen molar-refractivity contribution in [3.63, 3.8) is 0 Å². The van der Waals surface area contributed by atoms with Gasteiger partial charge in [0.2, 0.25) is 5.95 Å². The molecule has 0 spiro atoms. The topological polar surface area (TPSA) is 306 Å². The molecule has 2 aromatic heterocycles. The maximum atomic E-state index is 11.8. The SMILES string of the molecule is CCCCNc1nc(N)c2ncn(C3OC(COP(=O)(O)OP(=O)([O-])O[P+]([O-])([O-])[O-])C(O)C3O)c2n1.[Na+].[Na+].[Na+].[Na+]. The van der Waals surface area contributed by atoms with E-state index in [1.165, 1.54) is 10.9 Å². The number of aliphatic hydroxyl groups is 2. The van der Waals surface area contributed by atoms with E-state index in [1.807, 2.05) is 6.92 Å². The molecule has 3 rings (SSSR count). The minimum absolute atomic E-state index is 0. The van der Waals surface area contributed by atoms with E-state index < -0.39 is 55.0 Å². The first-order valence-corrected chi connectivity index (χ1v) is 14.5. The van der Waals surface area contributed by atoms with Crippen molar-refractivity contribution in [3.05, 3.63) is 6.33 Å². The van der Waals surface area contributed by atoms with Crippen molar-refractivity contribution in [1.29, 1.82) is 0 Å². The van der Waals surface area contributed by atoms with Crippen LogP contribution in [-0.4, -0.2) is 66.1 Å². The fraction of sp³-hybridized carbons (Fsp3) is 0.643. The third-order valence-corrected chi connectivity index (χ3v) is 8.38. The Labute approximate surface area is 317 Å². The number of nitrogens with zero attached hydrogens (tertiary/aromatic N) is 4. The molecule has 6 N–H and O–H groups in total. The number of nitrogens with one attached hydrogen (secondary N) is 1. The van der Waals surface area contributed by atoms with Gasteiger partial charge in [-0.05, 0) is 6.42 Å². The molecular formula is C14H22N6Na4O13P3+. The molecule has 1 saturated heterocycles. The molecule has 2 aromatic rings. The molecule has 1 fully saturated rings. The van der Waals surface area contributed by atoms with Crippen LogP contribution in [0.3, 0.4) is 0 Å². The number of nitrogens with two attached hydrogens (primary N) is 1. The van der Waals surface area contributed by atoms with E-state index in [-0.39, 0.29) is 141 Å². The van der Waals surface area contributed by atoms with Crippen LogP contribution in [0.15, 0.2) is 6.33 Å². The zero-order valence-corrected chi connectivity index (χ0v) is 33.0. The second-order valence-electron chi connectivity index (χ2n) is 7.41. The summed E-state index contributed by atoms with van der Waals surface area (Å²) in [7, 11) is -17.8. The number of hydrogen-bond donors (Lipinski definition) is 5. The van der Waals surface area contributed by atoms with Crippen LogP contribution in [0.2, 0.25) is 0 Å². The standard InChI is InChI=1S/C14H25N6O13P3.4Na/c1-2-3-4-16-14-18-11(15)8-12(19-14)20(6-17-8)13-10(22)9(21)7(31-13)5-30-35(26,27)33-36(28,29)32-34(23,24)25;;;;/h6-7,9-10,13,21-22H,2-5H2,1H3,(H,26,27)(H,28,29)(H2,23,24,25)(H3,15,16,18,19);;;;/q;4*+1/p-3. The summed E-state index contributed by atoms with van der Waals surface area (Å²) in [6.07, 6.45) is -3.31. The number of hydrogen-bond acceptors (Lipinski definition) is 17. The van der Waals surface area contributed by atoms with Crippen LogP contribution >= 0.6 is 23.8 Å². The summed E-state index contributed by atoms with van der Waals surface area (Å²) < 4.78 is 40.9. The number of nitrogen functional groups attached to an aromatic ring is 1. The predicted molar refractivity (Wildman–Crippen MR) is 112 cm³/mol. The van der Waals surface area contributed by atoms with Crippen LogP contribution in [0.5, 0.6) is 0 Å². The molecule has 0 saturated carbocycles. The van der Waals surface area contributed by atoms with Crippen molar-refractivity contribution in [1.82, 2.24) is 19.5 Å². The summed E-state index contributed by atoms with van der Waals surface area (Å²) in [6, 6.07) is 0. The Hall–Kier alpha value is 2.60. The van der Waals surface area contributed by atoms with Gasteiger partial charge in [-0.1, -0.05) is 13.3 Å². The summed E-state index contributed by atoms with van der Waals surface area (Å²) in [6.45, 7) is 1.52. The maximum absolute atomic E-state index is 11.8. The van der Waals surface area contributed by atoms with Crippen molar-refractivity contribution in [2.24, 2.45) is 0 Å². The largest absolute Gasteiger partial charge is 1.00 e. The van der Waals surface area contributed by atoms with Gasteiger partial charge < -0.3 is 50.5 Å². The van der Waals surface area contributed by atoms with Crippen molar-refractivity contribution in [2.45, 2.75) is 44.3 Å². The Morgan fingerprint density at radius 2 is 1.80 bits per heavy atom. The van der Waals surface area contributed by atoms with Crippen molar-refractivity contribution < 1.29 is 180 Å². The number of aromatic nitrogens is 4. The average Bonchev–Trinajstić information content (AvgIpc) is 3.26. The summed E-state index contributed by atoms with van der Waals surface area (Å²) in [4.78, 5) is 64.5. The molecule has 0 aromatic carbocycles. The molecule has 6 unspecified atom stereocenters. The fourth-order valence-electron chi connectivity index (χ4n) is 3.13. The molecular weight excluding hydrogens is 645 g/mol. The van der Waals surface area contributed by atoms with Crippen LogP contribution in [0, 0.1) is 0 Å².